The maximum absolute atomic E-state index is 14.0. The molecule has 0 saturated carbocycles. The number of benzene rings is 1. The second-order valence-corrected chi connectivity index (χ2v) is 7.13. The average Bonchev–Trinajstić information content (AvgIpc) is 3.32. The lowest BCUT2D eigenvalue weighted by atomic mass is 10.2. The van der Waals surface area contributed by atoms with Crippen molar-refractivity contribution in [2.24, 2.45) is 5.73 Å². The van der Waals surface area contributed by atoms with Gasteiger partial charge in [0, 0.05) is 18.3 Å². The van der Waals surface area contributed by atoms with Crippen LogP contribution in [0.4, 0.5) is 4.39 Å². The SMILES string of the molecule is [2H]C(c1ccc(C(=O)Oc2ccc(C(=N)N)cc2F)s1)N1CCC[C@H]1C(=O)O. The summed E-state index contributed by atoms with van der Waals surface area (Å²) < 4.78 is 27.4. The van der Waals surface area contributed by atoms with E-state index in [9.17, 15) is 19.1 Å². The van der Waals surface area contributed by atoms with E-state index in [1.807, 2.05) is 0 Å². The molecule has 0 radical (unpaired) electrons. The lowest BCUT2D eigenvalue weighted by Crippen LogP contribution is -2.35. The predicted molar refractivity (Wildman–Crippen MR) is 97.8 cm³/mol. The van der Waals surface area contributed by atoms with Gasteiger partial charge in [-0.2, -0.15) is 0 Å². The summed E-state index contributed by atoms with van der Waals surface area (Å²) in [5.41, 5.74) is 5.46. The van der Waals surface area contributed by atoms with Crippen LogP contribution in [0, 0.1) is 11.2 Å². The molecule has 1 aromatic carbocycles. The number of nitrogens with zero attached hydrogens (tertiary/aromatic N) is 1. The van der Waals surface area contributed by atoms with Crippen molar-refractivity contribution >= 4 is 29.1 Å². The second kappa shape index (κ2) is 7.85. The molecular weight excluding hydrogens is 373 g/mol. The third-order valence-electron chi connectivity index (χ3n) is 4.15. The summed E-state index contributed by atoms with van der Waals surface area (Å²) in [5.74, 6) is -3.16. The van der Waals surface area contributed by atoms with Gasteiger partial charge in [0.05, 0.1) is 0 Å². The number of nitrogens with one attached hydrogen (secondary N) is 1. The normalized spacial score (nSPS) is 18.7. The fraction of sp³-hybridized carbons (Fsp3) is 0.278. The fourth-order valence-corrected chi connectivity index (χ4v) is 3.64. The van der Waals surface area contributed by atoms with Gasteiger partial charge in [-0.15, -0.1) is 11.3 Å². The number of thiophene rings is 1. The van der Waals surface area contributed by atoms with E-state index in [1.165, 1.54) is 18.2 Å². The van der Waals surface area contributed by atoms with Crippen LogP contribution in [0.5, 0.6) is 5.75 Å². The number of carboxylic acids is 1. The van der Waals surface area contributed by atoms with Crippen LogP contribution < -0.4 is 10.5 Å². The number of hydrogen-bond acceptors (Lipinski definition) is 6. The van der Waals surface area contributed by atoms with Gasteiger partial charge in [0.2, 0.25) is 0 Å². The molecule has 0 spiro atoms. The van der Waals surface area contributed by atoms with E-state index in [-0.39, 0.29) is 22.0 Å². The quantitative estimate of drug-likeness (QED) is 0.301. The minimum atomic E-state index is -0.963. The molecule has 2 heterocycles. The van der Waals surface area contributed by atoms with E-state index in [0.29, 0.717) is 24.3 Å². The Morgan fingerprint density at radius 1 is 1.44 bits per heavy atom. The molecule has 142 valence electrons. The lowest BCUT2D eigenvalue weighted by Gasteiger charge is -2.19. The smallest absolute Gasteiger partial charge is 0.353 e. The first-order chi connectivity index (χ1) is 13.3. The number of amidine groups is 1. The summed E-state index contributed by atoms with van der Waals surface area (Å²) in [6.07, 6.45) is 1.18. The monoisotopic (exact) mass is 392 g/mol. The van der Waals surface area contributed by atoms with Crippen molar-refractivity contribution in [3.63, 3.8) is 0 Å². The van der Waals surface area contributed by atoms with Gasteiger partial charge in [0.25, 0.3) is 0 Å². The van der Waals surface area contributed by atoms with E-state index < -0.39 is 30.3 Å². The minimum absolute atomic E-state index is 0.173. The van der Waals surface area contributed by atoms with Crippen molar-refractivity contribution in [3.05, 3.63) is 51.5 Å². The highest BCUT2D eigenvalue weighted by Gasteiger charge is 2.30. The summed E-state index contributed by atoms with van der Waals surface area (Å²) in [7, 11) is 0. The number of aliphatic carboxylic acids is 1. The molecule has 2 atom stereocenters. The summed E-state index contributed by atoms with van der Waals surface area (Å²) in [6, 6.07) is 5.92. The Kier molecular flexibility index (Phi) is 5.12. The van der Waals surface area contributed by atoms with Gasteiger partial charge in [-0.3, -0.25) is 15.1 Å². The molecule has 1 saturated heterocycles. The number of carbonyl (C=O) groups excluding carboxylic acids is 1. The van der Waals surface area contributed by atoms with E-state index in [1.54, 1.807) is 11.0 Å². The first-order valence-electron chi connectivity index (χ1n) is 8.72. The first kappa shape index (κ1) is 17.6. The molecule has 9 heteroatoms. The average molecular weight is 392 g/mol. The molecule has 1 aliphatic heterocycles. The number of halogens is 1. The molecule has 1 unspecified atom stereocenters. The highest BCUT2D eigenvalue weighted by molar-refractivity contribution is 7.13. The predicted octanol–water partition coefficient (Wildman–Crippen LogP) is 2.44. The largest absolute Gasteiger partial charge is 0.480 e. The van der Waals surface area contributed by atoms with Crippen LogP contribution in [0.1, 0.15) is 34.3 Å². The molecule has 4 N–H and O–H groups in total. The molecule has 0 bridgehead atoms. The van der Waals surface area contributed by atoms with Gasteiger partial charge in [-0.25, -0.2) is 9.18 Å². The number of nitrogens with two attached hydrogens (primary N) is 1. The molecular formula is C18H18FN3O4S. The van der Waals surface area contributed by atoms with Crippen molar-refractivity contribution < 1.29 is 25.2 Å². The Bertz CT molecular complexity index is 935. The standard InChI is InChI=1S/C18H18FN3O4S/c19-12-8-10(16(20)21)3-5-14(12)26-18(25)15-6-4-11(27-15)9-22-7-1-2-13(22)17(23)24/h3-6,8,13H,1-2,7,9H2,(H3,20,21)(H,23,24)/t13-/m0/s1/i9D/t9?,13-. The zero-order chi connectivity index (χ0) is 20.4. The summed E-state index contributed by atoms with van der Waals surface area (Å²) in [5, 5.41) is 16.5. The van der Waals surface area contributed by atoms with Crippen molar-refractivity contribution in [3.8, 4) is 5.75 Å². The Balaban J connectivity index is 1.72. The van der Waals surface area contributed by atoms with Gasteiger partial charge >= 0.3 is 11.9 Å². The van der Waals surface area contributed by atoms with Gasteiger partial charge in [0.1, 0.15) is 16.8 Å². The molecule has 7 nitrogen and oxygen atoms in total. The maximum Gasteiger partial charge on any atom is 0.353 e. The number of carbonyl (C=O) groups is 2. The van der Waals surface area contributed by atoms with Crippen LogP contribution in [0.3, 0.4) is 0 Å². The molecule has 0 amide bonds. The summed E-state index contributed by atoms with van der Waals surface area (Å²) in [6.45, 7) is -0.405. The number of esters is 1. The van der Waals surface area contributed by atoms with Crippen molar-refractivity contribution in [1.29, 1.82) is 5.41 Å². The summed E-state index contributed by atoms with van der Waals surface area (Å²) in [4.78, 5) is 25.9. The first-order valence-corrected chi connectivity index (χ1v) is 8.96. The number of nitrogen functional groups attached to an aromatic ring is 1. The molecule has 0 aliphatic carbocycles. The van der Waals surface area contributed by atoms with E-state index in [0.717, 1.165) is 17.4 Å². The number of carboxylic acid groups (broad SMARTS) is 1. The van der Waals surface area contributed by atoms with Gasteiger partial charge in [-0.05, 0) is 49.7 Å². The molecule has 1 aromatic heterocycles. The number of rotatable bonds is 6. The Labute approximate surface area is 160 Å². The van der Waals surface area contributed by atoms with Gasteiger partial charge in [-0.1, -0.05) is 0 Å². The zero-order valence-corrected chi connectivity index (χ0v) is 15.0. The van der Waals surface area contributed by atoms with Gasteiger partial charge in [0.15, 0.2) is 11.6 Å². The van der Waals surface area contributed by atoms with E-state index in [2.05, 4.69) is 0 Å². The summed E-state index contributed by atoms with van der Waals surface area (Å²) >= 11 is 1.01. The van der Waals surface area contributed by atoms with Crippen LogP contribution >= 0.6 is 11.3 Å². The third-order valence-corrected chi connectivity index (χ3v) is 5.15. The molecule has 3 rings (SSSR count). The fourth-order valence-electron chi connectivity index (χ4n) is 2.81. The second-order valence-electron chi connectivity index (χ2n) is 6.01. The van der Waals surface area contributed by atoms with Crippen LogP contribution in [0.15, 0.2) is 30.3 Å². The Morgan fingerprint density at radius 2 is 2.22 bits per heavy atom. The molecule has 1 aliphatic rings. The maximum atomic E-state index is 14.0. The van der Waals surface area contributed by atoms with Gasteiger partial charge < -0.3 is 15.6 Å². The minimum Gasteiger partial charge on any atom is -0.480 e. The molecule has 2 aromatic rings. The van der Waals surface area contributed by atoms with E-state index >= 15 is 0 Å². The topological polar surface area (TPSA) is 117 Å². The molecule has 1 fully saturated rings. The van der Waals surface area contributed by atoms with Crippen molar-refractivity contribution in [2.45, 2.75) is 25.4 Å². The van der Waals surface area contributed by atoms with E-state index in [4.69, 9.17) is 17.3 Å². The zero-order valence-electron chi connectivity index (χ0n) is 15.1. The van der Waals surface area contributed by atoms with Crippen LogP contribution in [0.25, 0.3) is 0 Å². The highest BCUT2D eigenvalue weighted by Crippen LogP contribution is 2.26. The Morgan fingerprint density at radius 3 is 2.89 bits per heavy atom. The number of ether oxygens (including phenoxy) is 1. The van der Waals surface area contributed by atoms with Crippen LogP contribution in [-0.4, -0.2) is 40.4 Å². The van der Waals surface area contributed by atoms with Crippen LogP contribution in [-0.2, 0) is 11.3 Å². The van der Waals surface area contributed by atoms with Crippen molar-refractivity contribution in [2.75, 3.05) is 6.54 Å². The molecule has 27 heavy (non-hydrogen) atoms. The number of hydrogen-bond donors (Lipinski definition) is 3. The van der Waals surface area contributed by atoms with Crippen molar-refractivity contribution in [1.82, 2.24) is 4.90 Å². The van der Waals surface area contributed by atoms with Crippen LogP contribution in [0.2, 0.25) is 0 Å². The third kappa shape index (κ3) is 4.32. The lowest BCUT2D eigenvalue weighted by molar-refractivity contribution is -0.142. The highest BCUT2D eigenvalue weighted by atomic mass is 32.1. The number of likely N-dealkylation sites (tertiary alicyclic amines) is 1. The Hall–Kier alpha value is -2.78.